The van der Waals surface area contributed by atoms with Gasteiger partial charge in [-0.1, -0.05) is 96.8 Å². The second-order valence-electron chi connectivity index (χ2n) is 7.00. The van der Waals surface area contributed by atoms with E-state index in [1.54, 1.807) is 6.92 Å². The molecule has 0 aliphatic heterocycles. The van der Waals surface area contributed by atoms with E-state index in [1.165, 1.54) is 83.5 Å². The first-order valence-electron chi connectivity index (χ1n) is 9.45. The first kappa shape index (κ1) is 20.9. The van der Waals surface area contributed by atoms with E-state index in [2.05, 4.69) is 6.92 Å². The third kappa shape index (κ3) is 16.1. The summed E-state index contributed by atoms with van der Waals surface area (Å²) in [5.41, 5.74) is -0.864. The summed E-state index contributed by atoms with van der Waals surface area (Å²) in [5.74, 6) is 0. The smallest absolute Gasteiger partial charge is 0.0849 e. The fourth-order valence-electron chi connectivity index (χ4n) is 2.78. The van der Waals surface area contributed by atoms with E-state index in [9.17, 15) is 5.11 Å². The highest BCUT2D eigenvalue weighted by Crippen LogP contribution is 2.16. The molecule has 0 heterocycles. The average Bonchev–Trinajstić information content (AvgIpc) is 2.47. The normalized spacial score (nSPS) is 14.3. The van der Waals surface area contributed by atoms with Crippen LogP contribution in [0.3, 0.4) is 0 Å². The molecule has 0 aromatic carbocycles. The van der Waals surface area contributed by atoms with Gasteiger partial charge in [0.15, 0.2) is 0 Å². The molecule has 0 rings (SSSR count). The molecule has 128 valence electrons. The summed E-state index contributed by atoms with van der Waals surface area (Å²) in [6.45, 7) is 3.87. The quantitative estimate of drug-likeness (QED) is 0.364. The molecule has 0 fully saturated rings. The molecule has 0 aliphatic rings. The van der Waals surface area contributed by atoms with E-state index in [-0.39, 0.29) is 6.61 Å². The van der Waals surface area contributed by atoms with Crippen molar-refractivity contribution in [1.82, 2.24) is 0 Å². The molecule has 2 N–H and O–H groups in total. The van der Waals surface area contributed by atoms with Crippen LogP contribution >= 0.6 is 0 Å². The van der Waals surface area contributed by atoms with Gasteiger partial charge in [0.1, 0.15) is 0 Å². The lowest BCUT2D eigenvalue weighted by molar-refractivity contribution is -0.00695. The van der Waals surface area contributed by atoms with Crippen molar-refractivity contribution in [1.29, 1.82) is 0 Å². The Labute approximate surface area is 133 Å². The van der Waals surface area contributed by atoms with Crippen LogP contribution in [0.15, 0.2) is 0 Å². The molecule has 0 saturated carbocycles. The van der Waals surface area contributed by atoms with E-state index in [4.69, 9.17) is 5.11 Å². The van der Waals surface area contributed by atoms with Gasteiger partial charge in [-0.3, -0.25) is 0 Å². The summed E-state index contributed by atoms with van der Waals surface area (Å²) in [4.78, 5) is 0. The summed E-state index contributed by atoms with van der Waals surface area (Å²) in [7, 11) is 0. The van der Waals surface area contributed by atoms with Crippen molar-refractivity contribution >= 4 is 0 Å². The van der Waals surface area contributed by atoms with Crippen molar-refractivity contribution in [3.05, 3.63) is 0 Å². The van der Waals surface area contributed by atoms with Crippen LogP contribution in [0.4, 0.5) is 0 Å². The highest BCUT2D eigenvalue weighted by Gasteiger charge is 2.17. The molecular formula is C19H40O2. The van der Waals surface area contributed by atoms with E-state index < -0.39 is 5.60 Å². The molecule has 0 spiro atoms. The maximum absolute atomic E-state index is 9.66. The van der Waals surface area contributed by atoms with Gasteiger partial charge < -0.3 is 10.2 Å². The fourth-order valence-corrected chi connectivity index (χ4v) is 2.78. The van der Waals surface area contributed by atoms with Crippen LogP contribution < -0.4 is 0 Å². The zero-order chi connectivity index (χ0) is 15.8. The Balaban J connectivity index is 3.06. The highest BCUT2D eigenvalue weighted by atomic mass is 16.3. The number of unbranched alkanes of at least 4 members (excludes halogenated alkanes) is 13. The minimum atomic E-state index is -0.864. The molecule has 21 heavy (non-hydrogen) atoms. The lowest BCUT2D eigenvalue weighted by atomic mass is 9.98. The molecule has 0 bridgehead atoms. The monoisotopic (exact) mass is 300 g/mol. The van der Waals surface area contributed by atoms with Crippen molar-refractivity contribution in [2.45, 2.75) is 116 Å². The number of rotatable bonds is 16. The average molecular weight is 301 g/mol. The van der Waals surface area contributed by atoms with E-state index in [1.807, 2.05) is 0 Å². The van der Waals surface area contributed by atoms with E-state index >= 15 is 0 Å². The molecule has 1 unspecified atom stereocenters. The number of aliphatic hydroxyl groups is 2. The first-order valence-corrected chi connectivity index (χ1v) is 9.45. The van der Waals surface area contributed by atoms with Gasteiger partial charge >= 0.3 is 0 Å². The number of hydrogen-bond acceptors (Lipinski definition) is 2. The first-order chi connectivity index (χ1) is 10.1. The van der Waals surface area contributed by atoms with E-state index in [0.717, 1.165) is 12.8 Å². The topological polar surface area (TPSA) is 40.5 Å². The molecular weight excluding hydrogens is 260 g/mol. The standard InChI is InChI=1S/C19H40O2/c1-3-4-5-6-7-8-9-10-11-12-13-14-15-16-17-19(2,21)18-20/h20-21H,3-18H2,1-2H3. The van der Waals surface area contributed by atoms with Crippen molar-refractivity contribution in [2.75, 3.05) is 6.61 Å². The Morgan fingerprint density at radius 3 is 1.29 bits per heavy atom. The maximum atomic E-state index is 9.66. The summed E-state index contributed by atoms with van der Waals surface area (Å²) in [6, 6.07) is 0. The predicted octanol–water partition coefficient (Wildman–Crippen LogP) is 5.60. The molecule has 2 heteroatoms. The van der Waals surface area contributed by atoms with Gasteiger partial charge in [0.25, 0.3) is 0 Å². The zero-order valence-corrected chi connectivity index (χ0v) is 14.7. The van der Waals surface area contributed by atoms with Gasteiger partial charge in [-0.05, 0) is 13.3 Å². The van der Waals surface area contributed by atoms with Crippen LogP contribution in [0.5, 0.6) is 0 Å². The Kier molecular flexibility index (Phi) is 14.8. The third-order valence-electron chi connectivity index (χ3n) is 4.41. The number of aliphatic hydroxyl groups excluding tert-OH is 1. The van der Waals surface area contributed by atoms with Gasteiger partial charge in [-0.2, -0.15) is 0 Å². The van der Waals surface area contributed by atoms with Gasteiger partial charge in [-0.15, -0.1) is 0 Å². The summed E-state index contributed by atoms with van der Waals surface area (Å²) < 4.78 is 0. The SMILES string of the molecule is CCCCCCCCCCCCCCCCC(C)(O)CO. The summed E-state index contributed by atoms with van der Waals surface area (Å²) in [5, 5.41) is 18.6. The van der Waals surface area contributed by atoms with Crippen LogP contribution in [0.25, 0.3) is 0 Å². The van der Waals surface area contributed by atoms with Crippen LogP contribution in [-0.4, -0.2) is 22.4 Å². The van der Waals surface area contributed by atoms with E-state index in [0.29, 0.717) is 0 Å². The van der Waals surface area contributed by atoms with Gasteiger partial charge in [0, 0.05) is 0 Å². The molecule has 0 aromatic heterocycles. The predicted molar refractivity (Wildman–Crippen MR) is 92.6 cm³/mol. The molecule has 0 saturated heterocycles. The molecule has 1 atom stereocenters. The van der Waals surface area contributed by atoms with Gasteiger partial charge in [-0.25, -0.2) is 0 Å². The largest absolute Gasteiger partial charge is 0.393 e. The Morgan fingerprint density at radius 1 is 0.619 bits per heavy atom. The third-order valence-corrected chi connectivity index (χ3v) is 4.41. The van der Waals surface area contributed by atoms with Crippen LogP contribution in [0.1, 0.15) is 110 Å². The lowest BCUT2D eigenvalue weighted by Crippen LogP contribution is -2.28. The molecule has 2 nitrogen and oxygen atoms in total. The molecule has 0 aliphatic carbocycles. The summed E-state index contributed by atoms with van der Waals surface area (Å²) >= 11 is 0. The van der Waals surface area contributed by atoms with Crippen molar-refractivity contribution in [3.63, 3.8) is 0 Å². The van der Waals surface area contributed by atoms with Gasteiger partial charge in [0.05, 0.1) is 12.2 Å². The zero-order valence-electron chi connectivity index (χ0n) is 14.7. The second kappa shape index (κ2) is 14.8. The Bertz CT molecular complexity index is 202. The lowest BCUT2D eigenvalue weighted by Gasteiger charge is -2.19. The number of hydrogen-bond donors (Lipinski definition) is 2. The highest BCUT2D eigenvalue weighted by molar-refractivity contribution is 4.70. The maximum Gasteiger partial charge on any atom is 0.0849 e. The van der Waals surface area contributed by atoms with Crippen LogP contribution in [0.2, 0.25) is 0 Å². The Hall–Kier alpha value is -0.0800. The molecule has 0 amide bonds. The van der Waals surface area contributed by atoms with Crippen molar-refractivity contribution in [2.24, 2.45) is 0 Å². The van der Waals surface area contributed by atoms with Crippen molar-refractivity contribution < 1.29 is 10.2 Å². The molecule has 0 radical (unpaired) electrons. The summed E-state index contributed by atoms with van der Waals surface area (Å²) in [6.07, 6.45) is 19.6. The molecule has 0 aromatic rings. The minimum absolute atomic E-state index is 0.120. The second-order valence-corrected chi connectivity index (χ2v) is 7.00. The Morgan fingerprint density at radius 2 is 0.952 bits per heavy atom. The minimum Gasteiger partial charge on any atom is -0.393 e. The van der Waals surface area contributed by atoms with Gasteiger partial charge in [0.2, 0.25) is 0 Å². The van der Waals surface area contributed by atoms with Crippen LogP contribution in [0, 0.1) is 0 Å². The fraction of sp³-hybridized carbons (Fsp3) is 1.00. The van der Waals surface area contributed by atoms with Crippen molar-refractivity contribution in [3.8, 4) is 0 Å². The van der Waals surface area contributed by atoms with Crippen LogP contribution in [-0.2, 0) is 0 Å².